The molecule has 0 aliphatic carbocycles. The summed E-state index contributed by atoms with van der Waals surface area (Å²) in [6.45, 7) is 7.47. The van der Waals surface area contributed by atoms with Crippen molar-refractivity contribution in [3.8, 4) is 0 Å². The topological polar surface area (TPSA) is 78.9 Å². The van der Waals surface area contributed by atoms with Gasteiger partial charge in [0.1, 0.15) is 12.2 Å². The zero-order valence-electron chi connectivity index (χ0n) is 11.9. The normalized spacial score (nSPS) is 17.4. The number of amides is 1. The van der Waals surface area contributed by atoms with Gasteiger partial charge in [-0.2, -0.15) is 0 Å². The Hall–Kier alpha value is -1.14. The van der Waals surface area contributed by atoms with Crippen molar-refractivity contribution in [2.75, 3.05) is 26.2 Å². The van der Waals surface area contributed by atoms with E-state index in [1.165, 1.54) is 0 Å². The summed E-state index contributed by atoms with van der Waals surface area (Å²) in [5, 5.41) is 11.8. The molecule has 0 aromatic heterocycles. The van der Waals surface area contributed by atoms with Crippen molar-refractivity contribution in [1.29, 1.82) is 0 Å². The van der Waals surface area contributed by atoms with Crippen molar-refractivity contribution in [3.63, 3.8) is 0 Å². The maximum Gasteiger partial charge on any atom is 0.329 e. The maximum absolute atomic E-state index is 11.8. The minimum atomic E-state index is -0.981. The summed E-state index contributed by atoms with van der Waals surface area (Å²) in [6.07, 6.45) is 1.34. The summed E-state index contributed by atoms with van der Waals surface area (Å²) in [4.78, 5) is 24.0. The smallest absolute Gasteiger partial charge is 0.329 e. The van der Waals surface area contributed by atoms with Crippen LogP contribution >= 0.6 is 0 Å². The van der Waals surface area contributed by atoms with Gasteiger partial charge in [-0.05, 0) is 19.9 Å². The molecule has 2 N–H and O–H groups in total. The van der Waals surface area contributed by atoms with Gasteiger partial charge in [0, 0.05) is 12.5 Å². The predicted molar refractivity (Wildman–Crippen MR) is 70.9 cm³/mol. The van der Waals surface area contributed by atoms with Crippen LogP contribution in [-0.4, -0.2) is 59.8 Å². The first-order valence-corrected chi connectivity index (χ1v) is 6.69. The van der Waals surface area contributed by atoms with Crippen LogP contribution in [0.3, 0.4) is 0 Å². The highest BCUT2D eigenvalue weighted by Gasteiger charge is 2.42. The molecule has 1 amide bonds. The Morgan fingerprint density at radius 1 is 1.42 bits per heavy atom. The molecule has 0 unspecified atom stereocenters. The second kappa shape index (κ2) is 6.86. The fourth-order valence-corrected chi connectivity index (χ4v) is 2.05. The van der Waals surface area contributed by atoms with Crippen molar-refractivity contribution in [3.05, 3.63) is 0 Å². The molecule has 0 atom stereocenters. The fraction of sp³-hybridized carbons (Fsp3) is 0.846. The van der Waals surface area contributed by atoms with Crippen molar-refractivity contribution >= 4 is 11.9 Å². The lowest BCUT2D eigenvalue weighted by atomic mass is 9.95. The molecule has 1 heterocycles. The summed E-state index contributed by atoms with van der Waals surface area (Å²) < 4.78 is 5.26. The number of carboxylic acids is 1. The van der Waals surface area contributed by atoms with E-state index in [0.717, 1.165) is 13.0 Å². The van der Waals surface area contributed by atoms with E-state index in [-0.39, 0.29) is 12.5 Å². The average molecular weight is 272 g/mol. The SMILES string of the molecule is CC(C)NCCCC(=O)N1CC(C)(OCC(=O)O)C1. The van der Waals surface area contributed by atoms with Gasteiger partial charge in [0.25, 0.3) is 0 Å². The van der Waals surface area contributed by atoms with E-state index in [9.17, 15) is 9.59 Å². The maximum atomic E-state index is 11.8. The zero-order chi connectivity index (χ0) is 14.5. The van der Waals surface area contributed by atoms with Gasteiger partial charge in [0.05, 0.1) is 13.1 Å². The summed E-state index contributed by atoms with van der Waals surface area (Å²) in [6, 6.07) is 0.437. The molecular weight excluding hydrogens is 248 g/mol. The number of hydrogen-bond acceptors (Lipinski definition) is 4. The molecule has 0 spiro atoms. The Morgan fingerprint density at radius 3 is 2.58 bits per heavy atom. The van der Waals surface area contributed by atoms with Gasteiger partial charge in [0.2, 0.25) is 5.91 Å². The molecular formula is C13H24N2O4. The molecule has 110 valence electrons. The molecule has 1 aliphatic rings. The van der Waals surface area contributed by atoms with Crippen molar-refractivity contribution in [2.24, 2.45) is 0 Å². The lowest BCUT2D eigenvalue weighted by Gasteiger charge is -2.47. The van der Waals surface area contributed by atoms with Crippen LogP contribution in [0.5, 0.6) is 0 Å². The van der Waals surface area contributed by atoms with E-state index in [1.54, 1.807) is 4.90 Å². The largest absolute Gasteiger partial charge is 0.480 e. The third-order valence-corrected chi connectivity index (χ3v) is 3.07. The van der Waals surface area contributed by atoms with Crippen LogP contribution in [0.1, 0.15) is 33.6 Å². The number of rotatable bonds is 8. The molecule has 19 heavy (non-hydrogen) atoms. The highest BCUT2D eigenvalue weighted by atomic mass is 16.5. The number of carbonyl (C=O) groups is 2. The van der Waals surface area contributed by atoms with Crippen LogP contribution in [0.15, 0.2) is 0 Å². The Kier molecular flexibility index (Phi) is 5.75. The second-order valence-electron chi connectivity index (χ2n) is 5.59. The summed E-state index contributed by atoms with van der Waals surface area (Å²) in [5.74, 6) is -0.868. The summed E-state index contributed by atoms with van der Waals surface area (Å²) in [5.41, 5.74) is -0.496. The first-order valence-electron chi connectivity index (χ1n) is 6.69. The van der Waals surface area contributed by atoms with Crippen LogP contribution in [0.4, 0.5) is 0 Å². The van der Waals surface area contributed by atoms with Crippen molar-refractivity contribution < 1.29 is 19.4 Å². The number of ether oxygens (including phenoxy) is 1. The third kappa shape index (κ3) is 5.57. The average Bonchev–Trinajstić information content (AvgIpc) is 2.28. The molecule has 1 aliphatic heterocycles. The highest BCUT2D eigenvalue weighted by molar-refractivity contribution is 5.77. The van der Waals surface area contributed by atoms with Gasteiger partial charge < -0.3 is 20.1 Å². The second-order valence-corrected chi connectivity index (χ2v) is 5.59. The Bertz CT molecular complexity index is 325. The molecule has 0 aromatic rings. The monoisotopic (exact) mass is 272 g/mol. The van der Waals surface area contributed by atoms with Gasteiger partial charge in [-0.25, -0.2) is 4.79 Å². The first-order chi connectivity index (χ1) is 8.82. The van der Waals surface area contributed by atoms with Crippen LogP contribution in [0.25, 0.3) is 0 Å². The van der Waals surface area contributed by atoms with E-state index in [0.29, 0.717) is 25.6 Å². The number of carboxylic acid groups (broad SMARTS) is 1. The number of nitrogens with zero attached hydrogens (tertiary/aromatic N) is 1. The van der Waals surface area contributed by atoms with Crippen LogP contribution in [0.2, 0.25) is 0 Å². The van der Waals surface area contributed by atoms with Gasteiger partial charge >= 0.3 is 5.97 Å². The van der Waals surface area contributed by atoms with E-state index < -0.39 is 11.6 Å². The van der Waals surface area contributed by atoms with E-state index in [4.69, 9.17) is 9.84 Å². The van der Waals surface area contributed by atoms with Crippen LogP contribution in [-0.2, 0) is 14.3 Å². The molecule has 0 radical (unpaired) electrons. The number of aliphatic carboxylic acids is 1. The minimum absolute atomic E-state index is 0.113. The summed E-state index contributed by atoms with van der Waals surface area (Å²) in [7, 11) is 0. The van der Waals surface area contributed by atoms with Crippen LogP contribution in [0, 0.1) is 0 Å². The van der Waals surface area contributed by atoms with E-state index in [2.05, 4.69) is 19.2 Å². The van der Waals surface area contributed by atoms with E-state index >= 15 is 0 Å². The van der Waals surface area contributed by atoms with Crippen molar-refractivity contribution in [2.45, 2.75) is 45.3 Å². The zero-order valence-corrected chi connectivity index (χ0v) is 11.9. The van der Waals surface area contributed by atoms with Gasteiger partial charge in [-0.15, -0.1) is 0 Å². The number of nitrogens with one attached hydrogen (secondary N) is 1. The van der Waals surface area contributed by atoms with E-state index in [1.807, 2.05) is 6.92 Å². The molecule has 0 aromatic carbocycles. The highest BCUT2D eigenvalue weighted by Crippen LogP contribution is 2.25. The Labute approximate surface area is 114 Å². The minimum Gasteiger partial charge on any atom is -0.480 e. The quantitative estimate of drug-likeness (QED) is 0.628. The summed E-state index contributed by atoms with van der Waals surface area (Å²) >= 11 is 0. The Balaban J connectivity index is 2.15. The fourth-order valence-electron chi connectivity index (χ4n) is 2.05. The Morgan fingerprint density at radius 2 is 2.05 bits per heavy atom. The first kappa shape index (κ1) is 15.9. The standard InChI is InChI=1S/C13H24N2O4/c1-10(2)14-6-4-5-11(16)15-8-13(3,9-15)19-7-12(17)18/h10,14H,4-9H2,1-3H3,(H,17,18). The third-order valence-electron chi connectivity index (χ3n) is 3.07. The molecule has 1 fully saturated rings. The van der Waals surface area contributed by atoms with Gasteiger partial charge in [-0.3, -0.25) is 4.79 Å². The molecule has 6 heteroatoms. The molecule has 6 nitrogen and oxygen atoms in total. The lowest BCUT2D eigenvalue weighted by molar-refractivity contribution is -0.173. The lowest BCUT2D eigenvalue weighted by Crippen LogP contribution is -2.63. The molecule has 1 saturated heterocycles. The van der Waals surface area contributed by atoms with Gasteiger partial charge in [-0.1, -0.05) is 13.8 Å². The number of hydrogen-bond donors (Lipinski definition) is 2. The molecule has 0 saturated carbocycles. The van der Waals surface area contributed by atoms with Crippen molar-refractivity contribution in [1.82, 2.24) is 10.2 Å². The number of carbonyl (C=O) groups excluding carboxylic acids is 1. The van der Waals surface area contributed by atoms with Crippen LogP contribution < -0.4 is 5.32 Å². The predicted octanol–water partition coefficient (Wildman–Crippen LogP) is 0.467. The number of likely N-dealkylation sites (tertiary alicyclic amines) is 1. The molecule has 0 bridgehead atoms. The molecule has 1 rings (SSSR count). The van der Waals surface area contributed by atoms with Gasteiger partial charge in [0.15, 0.2) is 0 Å².